The molecule has 28 heavy (non-hydrogen) atoms. The molecule has 0 aromatic heterocycles. The highest BCUT2D eigenvalue weighted by molar-refractivity contribution is 5.69. The summed E-state index contributed by atoms with van der Waals surface area (Å²) in [5, 5.41) is 5.43. The second-order valence-electron chi connectivity index (χ2n) is 6.28. The van der Waals surface area contributed by atoms with E-state index in [1.807, 2.05) is 60.7 Å². The Labute approximate surface area is 165 Å². The van der Waals surface area contributed by atoms with E-state index < -0.39 is 12.2 Å². The molecule has 2 aromatic rings. The minimum atomic E-state index is -0.541. The van der Waals surface area contributed by atoms with E-state index in [-0.39, 0.29) is 25.8 Å². The SMILES string of the molecule is NCCC[C@@H](CNC(=O)OCc1ccccc1)NC(=O)OCc1ccccc1. The Hall–Kier alpha value is -3.06. The zero-order valence-electron chi connectivity index (χ0n) is 15.8. The van der Waals surface area contributed by atoms with Gasteiger partial charge in [-0.3, -0.25) is 0 Å². The average Bonchev–Trinajstić information content (AvgIpc) is 2.74. The largest absolute Gasteiger partial charge is 0.445 e. The standard InChI is InChI=1S/C21H27N3O4/c22-13-7-12-19(24-21(26)28-16-18-10-5-2-6-11-18)14-23-20(25)27-15-17-8-3-1-4-9-17/h1-6,8-11,19H,7,12-16,22H2,(H,23,25)(H,24,26)/t19-/m0/s1. The lowest BCUT2D eigenvalue weighted by Crippen LogP contribution is -2.44. The maximum absolute atomic E-state index is 12.0. The zero-order valence-corrected chi connectivity index (χ0v) is 15.8. The number of carbonyl (C=O) groups excluding carboxylic acids is 2. The Kier molecular flexibility index (Phi) is 9.37. The molecule has 4 N–H and O–H groups in total. The summed E-state index contributed by atoms with van der Waals surface area (Å²) in [6.45, 7) is 1.10. The Morgan fingerprint density at radius 3 is 1.93 bits per heavy atom. The summed E-state index contributed by atoms with van der Waals surface area (Å²) in [5.74, 6) is 0. The molecule has 0 unspecified atom stereocenters. The van der Waals surface area contributed by atoms with Crippen molar-refractivity contribution in [3.63, 3.8) is 0 Å². The summed E-state index contributed by atoms with van der Waals surface area (Å²) in [4.78, 5) is 23.9. The molecule has 0 aliphatic carbocycles. The molecule has 2 aromatic carbocycles. The number of carbonyl (C=O) groups is 2. The van der Waals surface area contributed by atoms with E-state index in [1.54, 1.807) is 0 Å². The lowest BCUT2D eigenvalue weighted by atomic mass is 10.1. The van der Waals surface area contributed by atoms with Gasteiger partial charge in [0.1, 0.15) is 13.2 Å². The fourth-order valence-corrected chi connectivity index (χ4v) is 2.50. The van der Waals surface area contributed by atoms with Gasteiger partial charge in [-0.1, -0.05) is 60.7 Å². The quantitative estimate of drug-likeness (QED) is 0.583. The van der Waals surface area contributed by atoms with Crippen LogP contribution in [0.25, 0.3) is 0 Å². The van der Waals surface area contributed by atoms with Crippen LogP contribution in [-0.4, -0.2) is 31.3 Å². The van der Waals surface area contributed by atoms with E-state index in [2.05, 4.69) is 10.6 Å². The number of hydrogen-bond acceptors (Lipinski definition) is 5. The number of alkyl carbamates (subject to hydrolysis) is 2. The number of ether oxygens (including phenoxy) is 2. The molecule has 0 fully saturated rings. The molecule has 0 radical (unpaired) electrons. The van der Waals surface area contributed by atoms with Gasteiger partial charge in [0.25, 0.3) is 0 Å². The summed E-state index contributed by atoms with van der Waals surface area (Å²) >= 11 is 0. The Morgan fingerprint density at radius 2 is 1.39 bits per heavy atom. The summed E-state index contributed by atoms with van der Waals surface area (Å²) in [7, 11) is 0. The highest BCUT2D eigenvalue weighted by Gasteiger charge is 2.15. The van der Waals surface area contributed by atoms with Gasteiger partial charge in [-0.15, -0.1) is 0 Å². The normalized spacial score (nSPS) is 11.3. The van der Waals surface area contributed by atoms with Gasteiger partial charge in [-0.2, -0.15) is 0 Å². The summed E-state index contributed by atoms with van der Waals surface area (Å²) in [6.07, 6.45) is 0.256. The van der Waals surface area contributed by atoms with Crippen LogP contribution in [0, 0.1) is 0 Å². The minimum absolute atomic E-state index is 0.183. The van der Waals surface area contributed by atoms with E-state index in [0.717, 1.165) is 11.1 Å². The van der Waals surface area contributed by atoms with Gasteiger partial charge < -0.3 is 25.8 Å². The fourth-order valence-electron chi connectivity index (χ4n) is 2.50. The smallest absolute Gasteiger partial charge is 0.407 e. The van der Waals surface area contributed by atoms with Crippen LogP contribution in [0.1, 0.15) is 24.0 Å². The highest BCUT2D eigenvalue weighted by atomic mass is 16.6. The van der Waals surface area contributed by atoms with Crippen LogP contribution in [0.2, 0.25) is 0 Å². The summed E-state index contributed by atoms with van der Waals surface area (Å²) < 4.78 is 10.4. The molecule has 0 heterocycles. The number of rotatable bonds is 10. The molecule has 150 valence electrons. The molecule has 2 amide bonds. The maximum atomic E-state index is 12.0. The first-order valence-electron chi connectivity index (χ1n) is 9.29. The molecule has 2 rings (SSSR count). The first-order valence-corrected chi connectivity index (χ1v) is 9.29. The monoisotopic (exact) mass is 385 g/mol. The summed E-state index contributed by atoms with van der Waals surface area (Å²) in [6, 6.07) is 18.5. The van der Waals surface area contributed by atoms with Crippen LogP contribution in [0.3, 0.4) is 0 Å². The van der Waals surface area contributed by atoms with Gasteiger partial charge in [0.2, 0.25) is 0 Å². The molecule has 1 atom stereocenters. The third-order valence-electron chi connectivity index (χ3n) is 4.00. The second-order valence-corrected chi connectivity index (χ2v) is 6.28. The van der Waals surface area contributed by atoms with E-state index in [4.69, 9.17) is 15.2 Å². The van der Waals surface area contributed by atoms with E-state index in [9.17, 15) is 9.59 Å². The van der Waals surface area contributed by atoms with E-state index in [1.165, 1.54) is 0 Å². The van der Waals surface area contributed by atoms with Crippen LogP contribution in [-0.2, 0) is 22.7 Å². The Bertz CT molecular complexity index is 710. The predicted octanol–water partition coefficient (Wildman–Crippen LogP) is 2.95. The third kappa shape index (κ3) is 8.55. The van der Waals surface area contributed by atoms with Crippen LogP contribution >= 0.6 is 0 Å². The van der Waals surface area contributed by atoms with Gasteiger partial charge in [0, 0.05) is 12.6 Å². The van der Waals surface area contributed by atoms with Crippen molar-refractivity contribution in [1.29, 1.82) is 0 Å². The lowest BCUT2D eigenvalue weighted by Gasteiger charge is -2.19. The van der Waals surface area contributed by atoms with Crippen LogP contribution in [0.15, 0.2) is 60.7 Å². The van der Waals surface area contributed by atoms with Gasteiger partial charge in [-0.05, 0) is 30.5 Å². The molecular formula is C21H27N3O4. The Morgan fingerprint density at radius 1 is 0.857 bits per heavy atom. The van der Waals surface area contributed by atoms with E-state index >= 15 is 0 Å². The van der Waals surface area contributed by atoms with Gasteiger partial charge in [-0.25, -0.2) is 9.59 Å². The van der Waals surface area contributed by atoms with Gasteiger partial charge in [0.05, 0.1) is 0 Å². The predicted molar refractivity (Wildman–Crippen MR) is 106 cm³/mol. The number of benzene rings is 2. The van der Waals surface area contributed by atoms with Crippen molar-refractivity contribution >= 4 is 12.2 Å². The molecule has 0 saturated heterocycles. The zero-order chi connectivity index (χ0) is 20.0. The molecule has 7 nitrogen and oxygen atoms in total. The summed E-state index contributed by atoms with van der Waals surface area (Å²) in [5.41, 5.74) is 7.36. The van der Waals surface area contributed by atoms with Crippen molar-refractivity contribution in [3.8, 4) is 0 Å². The first-order chi connectivity index (χ1) is 13.7. The van der Waals surface area contributed by atoms with Crippen molar-refractivity contribution in [1.82, 2.24) is 10.6 Å². The first kappa shape index (κ1) is 21.2. The fraction of sp³-hybridized carbons (Fsp3) is 0.333. The van der Waals surface area contributed by atoms with Crippen LogP contribution in [0.5, 0.6) is 0 Å². The topological polar surface area (TPSA) is 103 Å². The van der Waals surface area contributed by atoms with Crippen LogP contribution in [0.4, 0.5) is 9.59 Å². The van der Waals surface area contributed by atoms with Crippen LogP contribution < -0.4 is 16.4 Å². The van der Waals surface area contributed by atoms with Crippen molar-refractivity contribution < 1.29 is 19.1 Å². The molecule has 0 aliphatic rings. The number of amides is 2. The molecular weight excluding hydrogens is 358 g/mol. The average molecular weight is 385 g/mol. The van der Waals surface area contributed by atoms with Gasteiger partial charge >= 0.3 is 12.2 Å². The highest BCUT2D eigenvalue weighted by Crippen LogP contribution is 2.03. The van der Waals surface area contributed by atoms with Crippen molar-refractivity contribution in [3.05, 3.63) is 71.8 Å². The number of nitrogens with two attached hydrogens (primary N) is 1. The maximum Gasteiger partial charge on any atom is 0.407 e. The molecule has 0 saturated carbocycles. The van der Waals surface area contributed by atoms with Crippen molar-refractivity contribution in [2.75, 3.05) is 13.1 Å². The van der Waals surface area contributed by atoms with Crippen molar-refractivity contribution in [2.24, 2.45) is 5.73 Å². The molecule has 0 aliphatic heterocycles. The van der Waals surface area contributed by atoms with E-state index in [0.29, 0.717) is 19.4 Å². The third-order valence-corrected chi connectivity index (χ3v) is 4.00. The Balaban J connectivity index is 1.73. The number of hydrogen-bond donors (Lipinski definition) is 3. The van der Waals surface area contributed by atoms with Gasteiger partial charge in [0.15, 0.2) is 0 Å². The second kappa shape index (κ2) is 12.3. The lowest BCUT2D eigenvalue weighted by molar-refractivity contribution is 0.129. The molecule has 0 bridgehead atoms. The molecule has 0 spiro atoms. The van der Waals surface area contributed by atoms with Crippen molar-refractivity contribution in [2.45, 2.75) is 32.1 Å². The minimum Gasteiger partial charge on any atom is -0.445 e. The number of nitrogens with one attached hydrogen (secondary N) is 2. The molecule has 7 heteroatoms.